The molecule has 2 nitrogen and oxygen atoms in total. The van der Waals surface area contributed by atoms with Crippen LogP contribution in [0.15, 0.2) is 18.2 Å². The molecule has 1 rings (SSSR count). The lowest BCUT2D eigenvalue weighted by molar-refractivity contribution is 0.0959. The average Bonchev–Trinajstić information content (AvgIpc) is 2.08. The molecule has 0 aliphatic heterocycles. The maximum absolute atomic E-state index is 12.9. The zero-order chi connectivity index (χ0) is 9.14. The van der Waals surface area contributed by atoms with E-state index in [-0.39, 0.29) is 5.56 Å². The first kappa shape index (κ1) is 8.71. The minimum absolute atomic E-state index is 0.0949. The second-order valence-corrected chi connectivity index (χ2v) is 2.56. The van der Waals surface area contributed by atoms with E-state index < -0.39 is 11.7 Å². The third-order valence-electron chi connectivity index (χ3n) is 1.59. The third kappa shape index (κ3) is 1.61. The van der Waals surface area contributed by atoms with Crippen molar-refractivity contribution in [2.75, 3.05) is 7.05 Å². The van der Waals surface area contributed by atoms with Gasteiger partial charge < -0.3 is 5.32 Å². The lowest BCUT2D eigenvalue weighted by Gasteiger charge is -2.01. The van der Waals surface area contributed by atoms with Crippen molar-refractivity contribution in [1.82, 2.24) is 5.32 Å². The van der Waals surface area contributed by atoms with E-state index in [1.54, 1.807) is 6.07 Å². The van der Waals surface area contributed by atoms with Gasteiger partial charge >= 0.3 is 0 Å². The summed E-state index contributed by atoms with van der Waals surface area (Å²) >= 11 is 0. The Morgan fingerprint density at radius 3 is 2.75 bits per heavy atom. The van der Waals surface area contributed by atoms with Gasteiger partial charge in [0.05, 0.1) is 5.56 Å². The predicted octanol–water partition coefficient (Wildman–Crippen LogP) is 1.49. The normalized spacial score (nSPS) is 9.58. The molecule has 0 bridgehead atoms. The van der Waals surface area contributed by atoms with E-state index >= 15 is 0 Å². The molecule has 1 aromatic carbocycles. The lowest BCUT2D eigenvalue weighted by atomic mass is 10.1. The molecule has 0 radical (unpaired) electrons. The fourth-order valence-corrected chi connectivity index (χ4v) is 0.948. The fourth-order valence-electron chi connectivity index (χ4n) is 0.948. The SMILES string of the molecule is CNC(=O)c1cc(C)ccc1F. The van der Waals surface area contributed by atoms with Crippen molar-refractivity contribution >= 4 is 5.91 Å². The van der Waals surface area contributed by atoms with Crippen LogP contribution in [0.2, 0.25) is 0 Å². The molecular formula is C9H10FNO. The number of halogens is 1. The van der Waals surface area contributed by atoms with Crippen LogP contribution in [0.1, 0.15) is 15.9 Å². The van der Waals surface area contributed by atoms with Crippen molar-refractivity contribution in [3.8, 4) is 0 Å². The Balaban J connectivity index is 3.13. The second kappa shape index (κ2) is 3.34. The first-order valence-corrected chi connectivity index (χ1v) is 3.63. The van der Waals surface area contributed by atoms with Crippen molar-refractivity contribution in [2.24, 2.45) is 0 Å². The predicted molar refractivity (Wildman–Crippen MR) is 44.5 cm³/mol. The highest BCUT2D eigenvalue weighted by Gasteiger charge is 2.08. The summed E-state index contributed by atoms with van der Waals surface area (Å²) in [5.74, 6) is -0.879. The van der Waals surface area contributed by atoms with E-state index in [1.807, 2.05) is 6.92 Å². The highest BCUT2D eigenvalue weighted by molar-refractivity contribution is 5.94. The third-order valence-corrected chi connectivity index (χ3v) is 1.59. The molecule has 3 heteroatoms. The van der Waals surface area contributed by atoms with Crippen molar-refractivity contribution in [3.63, 3.8) is 0 Å². The Bertz CT molecular complexity index is 309. The van der Waals surface area contributed by atoms with E-state index in [0.29, 0.717) is 0 Å². The Hall–Kier alpha value is -1.38. The summed E-state index contributed by atoms with van der Waals surface area (Å²) < 4.78 is 12.9. The molecule has 1 aromatic rings. The molecule has 1 N–H and O–H groups in total. The maximum Gasteiger partial charge on any atom is 0.254 e. The Morgan fingerprint density at radius 1 is 1.50 bits per heavy atom. The minimum atomic E-state index is -0.486. The molecule has 0 fully saturated rings. The van der Waals surface area contributed by atoms with Crippen LogP contribution in [-0.2, 0) is 0 Å². The van der Waals surface area contributed by atoms with Crippen LogP contribution in [0.25, 0.3) is 0 Å². The number of nitrogens with one attached hydrogen (secondary N) is 1. The number of aryl methyl sites for hydroxylation is 1. The summed E-state index contributed by atoms with van der Waals surface area (Å²) in [6.45, 7) is 1.81. The van der Waals surface area contributed by atoms with Crippen molar-refractivity contribution < 1.29 is 9.18 Å². The van der Waals surface area contributed by atoms with Crippen LogP contribution in [0.3, 0.4) is 0 Å². The summed E-state index contributed by atoms with van der Waals surface area (Å²) in [4.78, 5) is 11.0. The Morgan fingerprint density at radius 2 is 2.17 bits per heavy atom. The van der Waals surface area contributed by atoms with Crippen molar-refractivity contribution in [1.29, 1.82) is 0 Å². The first-order chi connectivity index (χ1) is 5.65. The van der Waals surface area contributed by atoms with Crippen LogP contribution in [-0.4, -0.2) is 13.0 Å². The number of carbonyl (C=O) groups excluding carboxylic acids is 1. The minimum Gasteiger partial charge on any atom is -0.355 e. The number of carbonyl (C=O) groups is 1. The summed E-state index contributed by atoms with van der Waals surface area (Å²) in [6.07, 6.45) is 0. The first-order valence-electron chi connectivity index (χ1n) is 3.63. The summed E-state index contributed by atoms with van der Waals surface area (Å²) in [6, 6.07) is 4.44. The number of amides is 1. The van der Waals surface area contributed by atoms with E-state index in [9.17, 15) is 9.18 Å². The number of benzene rings is 1. The molecule has 64 valence electrons. The molecular weight excluding hydrogens is 157 g/mol. The highest BCUT2D eigenvalue weighted by atomic mass is 19.1. The second-order valence-electron chi connectivity index (χ2n) is 2.56. The molecule has 0 heterocycles. The van der Waals surface area contributed by atoms with Gasteiger partial charge in [-0.1, -0.05) is 11.6 Å². The van der Waals surface area contributed by atoms with Gasteiger partial charge in [-0.3, -0.25) is 4.79 Å². The molecule has 0 atom stereocenters. The molecule has 0 saturated heterocycles. The van der Waals surface area contributed by atoms with Gasteiger partial charge in [-0.25, -0.2) is 4.39 Å². The zero-order valence-electron chi connectivity index (χ0n) is 7.02. The van der Waals surface area contributed by atoms with Crippen LogP contribution in [0, 0.1) is 12.7 Å². The summed E-state index contributed by atoms with van der Waals surface area (Å²) in [7, 11) is 1.48. The topological polar surface area (TPSA) is 29.1 Å². The molecule has 0 aromatic heterocycles. The smallest absolute Gasteiger partial charge is 0.254 e. The number of hydrogen-bond donors (Lipinski definition) is 1. The summed E-state index contributed by atoms with van der Waals surface area (Å²) in [5, 5.41) is 2.37. The molecule has 0 aliphatic carbocycles. The van der Waals surface area contributed by atoms with Gasteiger partial charge in [0.1, 0.15) is 5.82 Å². The zero-order valence-corrected chi connectivity index (χ0v) is 7.02. The van der Waals surface area contributed by atoms with Gasteiger partial charge in [-0.05, 0) is 19.1 Å². The van der Waals surface area contributed by atoms with Gasteiger partial charge in [-0.2, -0.15) is 0 Å². The molecule has 0 spiro atoms. The van der Waals surface area contributed by atoms with Gasteiger partial charge in [0.25, 0.3) is 5.91 Å². The quantitative estimate of drug-likeness (QED) is 0.674. The maximum atomic E-state index is 12.9. The summed E-state index contributed by atoms with van der Waals surface area (Å²) in [5.41, 5.74) is 0.965. The van der Waals surface area contributed by atoms with Crippen LogP contribution in [0.5, 0.6) is 0 Å². The van der Waals surface area contributed by atoms with Gasteiger partial charge in [0.15, 0.2) is 0 Å². The van der Waals surface area contributed by atoms with Crippen LogP contribution >= 0.6 is 0 Å². The largest absolute Gasteiger partial charge is 0.355 e. The molecule has 1 amide bonds. The Labute approximate surface area is 70.4 Å². The number of rotatable bonds is 1. The molecule has 0 unspecified atom stereocenters. The van der Waals surface area contributed by atoms with Crippen molar-refractivity contribution in [3.05, 3.63) is 35.1 Å². The standard InChI is InChI=1S/C9H10FNO/c1-6-3-4-8(10)7(5-6)9(12)11-2/h3-5H,1-2H3,(H,11,12). The Kier molecular flexibility index (Phi) is 2.43. The van der Waals surface area contributed by atoms with Crippen LogP contribution in [0.4, 0.5) is 4.39 Å². The highest BCUT2D eigenvalue weighted by Crippen LogP contribution is 2.09. The molecule has 0 aliphatic rings. The van der Waals surface area contributed by atoms with E-state index in [0.717, 1.165) is 5.56 Å². The van der Waals surface area contributed by atoms with Gasteiger partial charge in [0.2, 0.25) is 0 Å². The van der Waals surface area contributed by atoms with Crippen LogP contribution < -0.4 is 5.32 Å². The van der Waals surface area contributed by atoms with Gasteiger partial charge in [0, 0.05) is 7.05 Å². The van der Waals surface area contributed by atoms with E-state index in [1.165, 1.54) is 19.2 Å². The van der Waals surface area contributed by atoms with Gasteiger partial charge in [-0.15, -0.1) is 0 Å². The fraction of sp³-hybridized carbons (Fsp3) is 0.222. The lowest BCUT2D eigenvalue weighted by Crippen LogP contribution is -2.19. The van der Waals surface area contributed by atoms with E-state index in [2.05, 4.69) is 5.32 Å². The molecule has 0 saturated carbocycles. The van der Waals surface area contributed by atoms with Crippen molar-refractivity contribution in [2.45, 2.75) is 6.92 Å². The number of hydrogen-bond acceptors (Lipinski definition) is 1. The molecule has 12 heavy (non-hydrogen) atoms. The average molecular weight is 167 g/mol. The van der Waals surface area contributed by atoms with E-state index in [4.69, 9.17) is 0 Å². The monoisotopic (exact) mass is 167 g/mol.